The van der Waals surface area contributed by atoms with Gasteiger partial charge >= 0.3 is 6.09 Å². The van der Waals surface area contributed by atoms with Crippen LogP contribution in [0.1, 0.15) is 70.9 Å². The molecule has 0 aliphatic carbocycles. The first kappa shape index (κ1) is 25.3. The van der Waals surface area contributed by atoms with Crippen molar-refractivity contribution in [3.05, 3.63) is 46.6 Å². The molecule has 0 bridgehead atoms. The van der Waals surface area contributed by atoms with Crippen LogP contribution in [0.5, 0.6) is 11.5 Å². The Morgan fingerprint density at radius 1 is 1.17 bits per heavy atom. The highest BCUT2D eigenvalue weighted by Gasteiger charge is 2.15. The van der Waals surface area contributed by atoms with Crippen molar-refractivity contribution in [1.82, 2.24) is 5.32 Å². The predicted molar refractivity (Wildman–Crippen MR) is 116 cm³/mol. The van der Waals surface area contributed by atoms with E-state index in [9.17, 15) is 19.8 Å². The van der Waals surface area contributed by atoms with Crippen molar-refractivity contribution in [2.75, 3.05) is 6.54 Å². The van der Waals surface area contributed by atoms with Crippen LogP contribution in [0.15, 0.2) is 35.4 Å². The van der Waals surface area contributed by atoms with E-state index >= 15 is 0 Å². The molecule has 0 aliphatic rings. The Morgan fingerprint density at radius 2 is 1.90 bits per heavy atom. The number of carboxylic acids is 1. The van der Waals surface area contributed by atoms with Crippen molar-refractivity contribution in [2.24, 2.45) is 0 Å². The number of carboxylic acid groups (broad SMARTS) is 1. The fourth-order valence-electron chi connectivity index (χ4n) is 2.95. The van der Waals surface area contributed by atoms with Crippen LogP contribution in [0.3, 0.4) is 0 Å². The number of amides is 1. The maximum Gasteiger partial charge on any atom is 0.412 e. The molecule has 0 aromatic heterocycles. The number of nitrogens with one attached hydrogen (secondary N) is 1. The number of aromatic hydroxyl groups is 1. The molecule has 0 atom stereocenters. The van der Waals surface area contributed by atoms with Gasteiger partial charge in [0, 0.05) is 5.56 Å². The predicted octanol–water partition coefficient (Wildman–Crippen LogP) is 4.20. The number of allylic oxidation sites excluding steroid dienone is 4. The van der Waals surface area contributed by atoms with Gasteiger partial charge in [-0.3, -0.25) is 0 Å². The molecule has 2 N–H and O–H groups in total. The lowest BCUT2D eigenvalue weighted by Crippen LogP contribution is -2.39. The average molecular weight is 417 g/mol. The van der Waals surface area contributed by atoms with Crippen molar-refractivity contribution in [2.45, 2.75) is 72.6 Å². The van der Waals surface area contributed by atoms with E-state index in [0.717, 1.165) is 44.1 Å². The molecule has 0 radical (unpaired) electrons. The van der Waals surface area contributed by atoms with Gasteiger partial charge in [0.05, 0.1) is 12.5 Å². The first-order valence-corrected chi connectivity index (χ1v) is 10.5. The first-order valence-electron chi connectivity index (χ1n) is 10.5. The molecule has 1 aromatic carbocycles. The molecule has 0 heterocycles. The Kier molecular flexibility index (Phi) is 11.3. The molecule has 0 saturated heterocycles. The lowest BCUT2D eigenvalue weighted by Gasteiger charge is -2.14. The van der Waals surface area contributed by atoms with Crippen molar-refractivity contribution in [1.29, 1.82) is 0 Å². The number of hydrogen-bond donors (Lipinski definition) is 2. The van der Waals surface area contributed by atoms with Gasteiger partial charge in [-0.05, 0) is 70.6 Å². The van der Waals surface area contributed by atoms with Gasteiger partial charge in [0.25, 0.3) is 0 Å². The van der Waals surface area contributed by atoms with Crippen molar-refractivity contribution in [3.63, 3.8) is 0 Å². The summed E-state index contributed by atoms with van der Waals surface area (Å²) in [6, 6.07) is 3.46. The smallest absolute Gasteiger partial charge is 0.412 e. The number of benzene rings is 1. The summed E-state index contributed by atoms with van der Waals surface area (Å²) in [5.74, 6) is -1.09. The number of unbranched alkanes of at least 4 members (excludes halogenated alkanes) is 2. The van der Waals surface area contributed by atoms with E-state index in [1.165, 1.54) is 11.1 Å². The Morgan fingerprint density at radius 3 is 2.53 bits per heavy atom. The van der Waals surface area contributed by atoms with E-state index in [1.54, 1.807) is 12.1 Å². The van der Waals surface area contributed by atoms with E-state index < -0.39 is 18.6 Å². The summed E-state index contributed by atoms with van der Waals surface area (Å²) in [7, 11) is 0. The number of aliphatic carboxylic acids is 1. The van der Waals surface area contributed by atoms with Crippen molar-refractivity contribution < 1.29 is 24.5 Å². The van der Waals surface area contributed by atoms with Gasteiger partial charge in [0.1, 0.15) is 11.5 Å². The SMILES string of the molecule is CCCCCc1cc(O)c(C/C=C(\C)CCC=C(C)C)c(OC(=O)NCC(=O)[O-])c1. The highest BCUT2D eigenvalue weighted by molar-refractivity contribution is 5.77. The number of carbonyl (C=O) groups excluding carboxylic acids is 2. The Bertz CT molecular complexity index is 776. The zero-order valence-corrected chi connectivity index (χ0v) is 18.5. The standard InChI is InChI=1S/C24H35NO5/c1-5-6-7-11-19-14-21(26)20(13-12-18(4)10-8-9-17(2)3)22(15-19)30-24(29)25-16-23(27)28/h9,12,14-15,26H,5-8,10-11,13,16H2,1-4H3,(H,25,29)(H,27,28)/p-1/b18-12+. The summed E-state index contributed by atoms with van der Waals surface area (Å²) in [6.45, 7) is 7.63. The quantitative estimate of drug-likeness (QED) is 0.393. The molecule has 30 heavy (non-hydrogen) atoms. The fraction of sp³-hybridized carbons (Fsp3) is 0.500. The minimum atomic E-state index is -1.40. The molecule has 166 valence electrons. The minimum absolute atomic E-state index is 0.0695. The third-order valence-corrected chi connectivity index (χ3v) is 4.64. The molecule has 0 aliphatic heterocycles. The van der Waals surface area contributed by atoms with Crippen LogP contribution in [0.2, 0.25) is 0 Å². The van der Waals surface area contributed by atoms with Crippen LogP contribution >= 0.6 is 0 Å². The fourth-order valence-corrected chi connectivity index (χ4v) is 2.95. The van der Waals surface area contributed by atoms with E-state index in [2.05, 4.69) is 32.2 Å². The van der Waals surface area contributed by atoms with E-state index in [4.69, 9.17) is 4.74 Å². The summed E-state index contributed by atoms with van der Waals surface area (Å²) < 4.78 is 5.33. The molecule has 6 heteroatoms. The Labute approximate surface area is 179 Å². The molecule has 1 rings (SSSR count). The largest absolute Gasteiger partial charge is 0.548 e. The normalized spacial score (nSPS) is 11.1. The van der Waals surface area contributed by atoms with Crippen LogP contribution < -0.4 is 15.2 Å². The number of aryl methyl sites for hydroxylation is 1. The highest BCUT2D eigenvalue weighted by atomic mass is 16.6. The molecule has 1 aromatic rings. The second-order valence-electron chi connectivity index (χ2n) is 7.74. The second-order valence-corrected chi connectivity index (χ2v) is 7.74. The molecule has 0 spiro atoms. The summed E-state index contributed by atoms with van der Waals surface area (Å²) in [6.07, 6.45) is 9.43. The summed E-state index contributed by atoms with van der Waals surface area (Å²) in [5, 5.41) is 23.2. The number of hydrogen-bond acceptors (Lipinski definition) is 5. The maximum atomic E-state index is 12.0. The molecular formula is C24H34NO5-. The number of phenols is 1. The number of carbonyl (C=O) groups is 2. The summed E-state index contributed by atoms with van der Waals surface area (Å²) >= 11 is 0. The van der Waals surface area contributed by atoms with Crippen LogP contribution in [0, 0.1) is 0 Å². The molecule has 1 amide bonds. The van der Waals surface area contributed by atoms with Crippen molar-refractivity contribution in [3.8, 4) is 11.5 Å². The third-order valence-electron chi connectivity index (χ3n) is 4.64. The topological polar surface area (TPSA) is 98.7 Å². The second kappa shape index (κ2) is 13.5. The van der Waals surface area contributed by atoms with Gasteiger partial charge in [-0.15, -0.1) is 0 Å². The van der Waals surface area contributed by atoms with Gasteiger partial charge in [0.15, 0.2) is 0 Å². The molecule has 0 fully saturated rings. The molecular weight excluding hydrogens is 382 g/mol. The molecule has 0 saturated carbocycles. The highest BCUT2D eigenvalue weighted by Crippen LogP contribution is 2.32. The van der Waals surface area contributed by atoms with Gasteiger partial charge in [-0.2, -0.15) is 0 Å². The lowest BCUT2D eigenvalue weighted by atomic mass is 10.00. The lowest BCUT2D eigenvalue weighted by molar-refractivity contribution is -0.303. The van der Waals surface area contributed by atoms with Crippen molar-refractivity contribution >= 4 is 12.1 Å². The van der Waals surface area contributed by atoms with E-state index in [0.29, 0.717) is 12.0 Å². The monoisotopic (exact) mass is 416 g/mol. The number of phenolic OH excluding ortho intramolecular Hbond substituents is 1. The first-order chi connectivity index (χ1) is 14.2. The van der Waals surface area contributed by atoms with Gasteiger partial charge in [0.2, 0.25) is 0 Å². The number of rotatable bonds is 12. The van der Waals surface area contributed by atoms with Crippen LogP contribution in [-0.4, -0.2) is 23.7 Å². The van der Waals surface area contributed by atoms with E-state index in [-0.39, 0.29) is 11.5 Å². The van der Waals surface area contributed by atoms with Crippen LogP contribution in [0.4, 0.5) is 4.79 Å². The van der Waals surface area contributed by atoms with Gasteiger partial charge in [-0.25, -0.2) is 4.79 Å². The maximum absolute atomic E-state index is 12.0. The van der Waals surface area contributed by atoms with Crippen LogP contribution in [0.25, 0.3) is 0 Å². The molecule has 6 nitrogen and oxygen atoms in total. The Hall–Kier alpha value is -2.76. The minimum Gasteiger partial charge on any atom is -0.548 e. The number of ether oxygens (including phenoxy) is 1. The summed E-state index contributed by atoms with van der Waals surface area (Å²) in [4.78, 5) is 22.5. The van der Waals surface area contributed by atoms with Gasteiger partial charge < -0.3 is 25.1 Å². The Balaban J connectivity index is 3.01. The summed E-state index contributed by atoms with van der Waals surface area (Å²) in [5.41, 5.74) is 3.82. The van der Waals surface area contributed by atoms with E-state index in [1.807, 2.05) is 13.0 Å². The van der Waals surface area contributed by atoms with Crippen LogP contribution in [-0.2, 0) is 17.6 Å². The molecule has 0 unspecified atom stereocenters. The third kappa shape index (κ3) is 10.1. The zero-order valence-electron chi connectivity index (χ0n) is 18.5. The van der Waals surface area contributed by atoms with Gasteiger partial charge in [-0.1, -0.05) is 43.1 Å². The average Bonchev–Trinajstić information content (AvgIpc) is 2.65. The zero-order chi connectivity index (χ0) is 22.5.